The molecule has 0 atom stereocenters. The molecule has 5 rings (SSSR count). The Labute approximate surface area is 198 Å². The van der Waals surface area contributed by atoms with Crippen LogP contribution in [0.5, 0.6) is 0 Å². The Bertz CT molecular complexity index is 1550. The van der Waals surface area contributed by atoms with E-state index in [1.165, 1.54) is 30.3 Å². The molecule has 5 aromatic rings. The summed E-state index contributed by atoms with van der Waals surface area (Å²) in [5.74, 6) is -0.560. The van der Waals surface area contributed by atoms with Gasteiger partial charge in [0.25, 0.3) is 0 Å². The predicted octanol–water partition coefficient (Wildman–Crippen LogP) is 5.59. The second kappa shape index (κ2) is 8.99. The molecule has 0 aliphatic rings. The van der Waals surface area contributed by atoms with Crippen LogP contribution in [0.3, 0.4) is 0 Å². The minimum atomic E-state index is -1.05. The van der Waals surface area contributed by atoms with Crippen LogP contribution in [-0.4, -0.2) is 31.0 Å². The second-order valence-electron chi connectivity index (χ2n) is 7.66. The number of nitrogens with zero attached hydrogens (tertiary/aromatic N) is 4. The van der Waals surface area contributed by atoms with Gasteiger partial charge >= 0.3 is 5.97 Å². The summed E-state index contributed by atoms with van der Waals surface area (Å²) < 4.78 is 13.6. The van der Waals surface area contributed by atoms with E-state index in [0.717, 1.165) is 17.4 Å². The maximum atomic E-state index is 13.6. The number of nitrogens with one attached hydrogen (secondary N) is 1. The molecule has 0 fully saturated rings. The number of aromatic nitrogens is 4. The molecule has 0 saturated carbocycles. The molecule has 7 nitrogen and oxygen atoms in total. The second-order valence-corrected chi connectivity index (χ2v) is 8.06. The lowest BCUT2D eigenvalue weighted by Gasteiger charge is -2.13. The van der Waals surface area contributed by atoms with E-state index in [1.807, 2.05) is 12.1 Å². The first-order chi connectivity index (χ1) is 16.5. The molecule has 0 unspecified atom stereocenters. The zero-order valence-corrected chi connectivity index (χ0v) is 18.4. The normalized spacial score (nSPS) is 11.1. The SMILES string of the molecule is O=C(O)c1ccc2c(c1)nc(Nc1ccc(F)c(Cl)c1)c1nc(CCc3ccncc3)ncc12. The minimum Gasteiger partial charge on any atom is -0.478 e. The van der Waals surface area contributed by atoms with Crippen LogP contribution in [0.4, 0.5) is 15.9 Å². The summed E-state index contributed by atoms with van der Waals surface area (Å²) in [7, 11) is 0. The number of carboxylic acids is 1. The molecule has 3 heterocycles. The van der Waals surface area contributed by atoms with Gasteiger partial charge in [0.05, 0.1) is 16.1 Å². The quantitative estimate of drug-likeness (QED) is 0.310. The lowest BCUT2D eigenvalue weighted by Crippen LogP contribution is -2.03. The fraction of sp³-hybridized carbons (Fsp3) is 0.0800. The van der Waals surface area contributed by atoms with Gasteiger partial charge in [-0.15, -0.1) is 0 Å². The van der Waals surface area contributed by atoms with Crippen LogP contribution in [0.15, 0.2) is 67.1 Å². The highest BCUT2D eigenvalue weighted by molar-refractivity contribution is 6.31. The van der Waals surface area contributed by atoms with Gasteiger partial charge in [0, 0.05) is 41.5 Å². The Morgan fingerprint density at radius 3 is 2.59 bits per heavy atom. The molecule has 0 aliphatic carbocycles. The van der Waals surface area contributed by atoms with E-state index in [1.54, 1.807) is 24.7 Å². The molecule has 2 aromatic carbocycles. The van der Waals surface area contributed by atoms with Crippen molar-refractivity contribution in [3.8, 4) is 0 Å². The fourth-order valence-electron chi connectivity index (χ4n) is 3.68. The van der Waals surface area contributed by atoms with Crippen LogP contribution in [0.1, 0.15) is 21.7 Å². The van der Waals surface area contributed by atoms with Gasteiger partial charge in [0.2, 0.25) is 0 Å². The summed E-state index contributed by atoms with van der Waals surface area (Å²) >= 11 is 5.94. The van der Waals surface area contributed by atoms with Crippen molar-refractivity contribution in [2.24, 2.45) is 0 Å². The van der Waals surface area contributed by atoms with E-state index < -0.39 is 11.8 Å². The zero-order valence-electron chi connectivity index (χ0n) is 17.7. The number of aryl methyl sites for hydroxylation is 2. The average molecular weight is 474 g/mol. The van der Waals surface area contributed by atoms with E-state index in [9.17, 15) is 14.3 Å². The molecular formula is C25H17ClFN5O2. The van der Waals surface area contributed by atoms with Crippen molar-refractivity contribution in [3.63, 3.8) is 0 Å². The standard InChI is InChI=1S/C25H17ClFN5O2/c26-19-12-16(3-5-20(19)27)30-24-23-18(17-4-2-15(25(33)34)11-21(17)31-24)13-29-22(32-23)6-1-14-7-9-28-10-8-14/h2-5,7-13H,1,6H2,(H,30,31)(H,33,34). The number of hydrogen-bond acceptors (Lipinski definition) is 6. The Balaban J connectivity index is 1.62. The van der Waals surface area contributed by atoms with Gasteiger partial charge in [-0.1, -0.05) is 17.7 Å². The van der Waals surface area contributed by atoms with E-state index in [0.29, 0.717) is 40.2 Å². The maximum Gasteiger partial charge on any atom is 0.335 e. The molecule has 0 amide bonds. The first-order valence-electron chi connectivity index (χ1n) is 10.4. The van der Waals surface area contributed by atoms with E-state index in [-0.39, 0.29) is 10.6 Å². The summed E-state index contributed by atoms with van der Waals surface area (Å²) in [6.07, 6.45) is 6.56. The first-order valence-corrected chi connectivity index (χ1v) is 10.8. The molecule has 168 valence electrons. The van der Waals surface area contributed by atoms with Crippen LogP contribution in [0.2, 0.25) is 5.02 Å². The van der Waals surface area contributed by atoms with Gasteiger partial charge < -0.3 is 10.4 Å². The molecule has 0 aliphatic heterocycles. The smallest absolute Gasteiger partial charge is 0.335 e. The van der Waals surface area contributed by atoms with Crippen molar-refractivity contribution in [2.45, 2.75) is 12.8 Å². The lowest BCUT2D eigenvalue weighted by molar-refractivity contribution is 0.0697. The molecule has 0 bridgehead atoms. The number of aromatic carboxylic acids is 1. The fourth-order valence-corrected chi connectivity index (χ4v) is 3.86. The highest BCUT2D eigenvalue weighted by atomic mass is 35.5. The predicted molar refractivity (Wildman–Crippen MR) is 128 cm³/mol. The molecule has 0 saturated heterocycles. The number of hydrogen-bond donors (Lipinski definition) is 2. The van der Waals surface area contributed by atoms with Gasteiger partial charge in [0.1, 0.15) is 17.2 Å². The number of halogens is 2. The van der Waals surface area contributed by atoms with E-state index in [2.05, 4.69) is 20.3 Å². The van der Waals surface area contributed by atoms with Crippen LogP contribution in [-0.2, 0) is 12.8 Å². The average Bonchev–Trinajstić information content (AvgIpc) is 2.85. The topological polar surface area (TPSA) is 101 Å². The van der Waals surface area contributed by atoms with E-state index in [4.69, 9.17) is 16.6 Å². The van der Waals surface area contributed by atoms with Crippen molar-refractivity contribution < 1.29 is 14.3 Å². The Hall–Kier alpha value is -4.17. The third-order valence-corrected chi connectivity index (χ3v) is 5.69. The van der Waals surface area contributed by atoms with Crippen molar-refractivity contribution in [2.75, 3.05) is 5.32 Å². The van der Waals surface area contributed by atoms with Crippen molar-refractivity contribution >= 4 is 50.9 Å². The van der Waals surface area contributed by atoms with Gasteiger partial charge in [-0.25, -0.2) is 24.1 Å². The van der Waals surface area contributed by atoms with Crippen molar-refractivity contribution in [3.05, 3.63) is 94.9 Å². The van der Waals surface area contributed by atoms with E-state index >= 15 is 0 Å². The number of carbonyl (C=O) groups is 1. The number of pyridine rings is 2. The maximum absolute atomic E-state index is 13.6. The molecule has 0 radical (unpaired) electrons. The first kappa shape index (κ1) is 21.7. The van der Waals surface area contributed by atoms with Crippen molar-refractivity contribution in [1.29, 1.82) is 0 Å². The van der Waals surface area contributed by atoms with Crippen LogP contribution >= 0.6 is 11.6 Å². The van der Waals surface area contributed by atoms with Crippen molar-refractivity contribution in [1.82, 2.24) is 19.9 Å². The molecule has 2 N–H and O–H groups in total. The van der Waals surface area contributed by atoms with Gasteiger partial charge in [-0.2, -0.15) is 0 Å². The lowest BCUT2D eigenvalue weighted by atomic mass is 10.1. The summed E-state index contributed by atoms with van der Waals surface area (Å²) in [5, 5.41) is 13.9. The third kappa shape index (κ3) is 4.35. The summed E-state index contributed by atoms with van der Waals surface area (Å²) in [4.78, 5) is 29.4. The molecule has 0 spiro atoms. The Morgan fingerprint density at radius 1 is 1.00 bits per heavy atom. The van der Waals surface area contributed by atoms with Gasteiger partial charge in [-0.05, 0) is 54.4 Å². The summed E-state index contributed by atoms with van der Waals surface area (Å²) in [6.45, 7) is 0. The van der Waals surface area contributed by atoms with Crippen LogP contribution in [0.25, 0.3) is 21.8 Å². The number of rotatable bonds is 6. The molecule has 34 heavy (non-hydrogen) atoms. The monoisotopic (exact) mass is 473 g/mol. The Kier molecular flexibility index (Phi) is 5.73. The van der Waals surface area contributed by atoms with Crippen LogP contribution < -0.4 is 5.32 Å². The molecule has 9 heteroatoms. The Morgan fingerprint density at radius 2 is 1.82 bits per heavy atom. The molecule has 3 aromatic heterocycles. The highest BCUT2D eigenvalue weighted by Gasteiger charge is 2.15. The largest absolute Gasteiger partial charge is 0.478 e. The van der Waals surface area contributed by atoms with Gasteiger partial charge in [-0.3, -0.25) is 4.98 Å². The third-order valence-electron chi connectivity index (χ3n) is 5.40. The highest BCUT2D eigenvalue weighted by Crippen LogP contribution is 2.31. The summed E-state index contributed by atoms with van der Waals surface area (Å²) in [6, 6.07) is 12.9. The zero-order chi connectivity index (χ0) is 23.7. The number of fused-ring (bicyclic) bond motifs is 3. The summed E-state index contributed by atoms with van der Waals surface area (Å²) in [5.41, 5.74) is 2.79. The number of carboxylic acid groups (broad SMARTS) is 1. The number of benzene rings is 2. The van der Waals surface area contributed by atoms with Gasteiger partial charge in [0.15, 0.2) is 5.82 Å². The van der Waals surface area contributed by atoms with Crippen LogP contribution in [0, 0.1) is 5.82 Å². The number of anilines is 2. The molecular weight excluding hydrogens is 457 g/mol. The minimum absolute atomic E-state index is 0.0316.